The molecule has 4 nitrogen and oxygen atoms in total. The molecule has 4 heterocycles. The van der Waals surface area contributed by atoms with Crippen LogP contribution in [0.5, 0.6) is 0 Å². The zero-order valence-corrected chi connectivity index (χ0v) is 24.9. The van der Waals surface area contributed by atoms with Crippen LogP contribution >= 0.6 is 11.3 Å². The minimum atomic E-state index is 0.681. The van der Waals surface area contributed by atoms with E-state index in [4.69, 9.17) is 9.97 Å². The van der Waals surface area contributed by atoms with E-state index >= 15 is 0 Å². The number of rotatable bonds is 3. The van der Waals surface area contributed by atoms with Gasteiger partial charge in [-0.25, -0.2) is 9.97 Å². The highest BCUT2D eigenvalue weighted by Crippen LogP contribution is 2.47. The van der Waals surface area contributed by atoms with Gasteiger partial charge in [0.25, 0.3) is 0 Å². The third kappa shape index (κ3) is 3.47. The number of aromatic nitrogens is 4. The van der Waals surface area contributed by atoms with E-state index in [9.17, 15) is 0 Å². The van der Waals surface area contributed by atoms with Crippen LogP contribution in [-0.2, 0) is 0 Å². The molecule has 0 radical (unpaired) electrons. The van der Waals surface area contributed by atoms with Crippen molar-refractivity contribution in [2.24, 2.45) is 0 Å². The highest BCUT2D eigenvalue weighted by Gasteiger charge is 2.23. The number of thiophene rings is 1. The molecule has 0 saturated heterocycles. The molecule has 0 bridgehead atoms. The van der Waals surface area contributed by atoms with Crippen molar-refractivity contribution in [1.82, 2.24) is 19.1 Å². The Morgan fingerprint density at radius 3 is 1.80 bits per heavy atom. The highest BCUT2D eigenvalue weighted by molar-refractivity contribution is 7.27. The average Bonchev–Trinajstić information content (AvgIpc) is 3.76. The summed E-state index contributed by atoms with van der Waals surface area (Å²) in [7, 11) is 0. The van der Waals surface area contributed by atoms with E-state index in [2.05, 4.69) is 149 Å². The van der Waals surface area contributed by atoms with Crippen LogP contribution in [0.2, 0.25) is 0 Å². The quantitative estimate of drug-likeness (QED) is 0.205. The number of hydrogen-bond donors (Lipinski definition) is 0. The van der Waals surface area contributed by atoms with E-state index < -0.39 is 0 Å². The van der Waals surface area contributed by atoms with E-state index in [-0.39, 0.29) is 0 Å². The van der Waals surface area contributed by atoms with Gasteiger partial charge < -0.3 is 4.57 Å². The summed E-state index contributed by atoms with van der Waals surface area (Å²) in [6.07, 6.45) is 0. The summed E-state index contributed by atoms with van der Waals surface area (Å²) >= 11 is 1.87. The maximum absolute atomic E-state index is 5.33. The van der Waals surface area contributed by atoms with Gasteiger partial charge >= 0.3 is 0 Å². The van der Waals surface area contributed by atoms with Gasteiger partial charge in [-0.2, -0.15) is 0 Å². The van der Waals surface area contributed by atoms with E-state index in [1.54, 1.807) is 0 Å². The Bertz CT molecular complexity index is 2750. The van der Waals surface area contributed by atoms with Crippen LogP contribution in [0.4, 0.5) is 0 Å². The zero-order valence-electron chi connectivity index (χ0n) is 24.1. The zero-order chi connectivity index (χ0) is 29.5. The molecule has 10 rings (SSSR count). The van der Waals surface area contributed by atoms with Crippen molar-refractivity contribution in [3.8, 4) is 22.9 Å². The summed E-state index contributed by atoms with van der Waals surface area (Å²) in [6.45, 7) is 0. The Kier molecular flexibility index (Phi) is 5.12. The number of hydrogen-bond acceptors (Lipinski definition) is 3. The molecule has 0 unspecified atom stereocenters. The van der Waals surface area contributed by atoms with Gasteiger partial charge in [0.2, 0.25) is 5.95 Å². The van der Waals surface area contributed by atoms with Crippen LogP contribution in [0, 0.1) is 0 Å². The molecule has 4 aromatic heterocycles. The largest absolute Gasteiger partial charge is 0.308 e. The first-order valence-corrected chi connectivity index (χ1v) is 15.9. The third-order valence-electron chi connectivity index (χ3n) is 8.93. The molecular formula is C40H24N4S. The number of fused-ring (bicyclic) bond motifs is 10. The fourth-order valence-electron chi connectivity index (χ4n) is 7.01. The molecule has 45 heavy (non-hydrogen) atoms. The van der Waals surface area contributed by atoms with Gasteiger partial charge in [0.05, 0.1) is 42.7 Å². The van der Waals surface area contributed by atoms with Crippen LogP contribution < -0.4 is 0 Å². The topological polar surface area (TPSA) is 35.6 Å². The lowest BCUT2D eigenvalue weighted by Gasteiger charge is -2.12. The summed E-state index contributed by atoms with van der Waals surface area (Å²) in [6, 6.07) is 51.4. The van der Waals surface area contributed by atoms with Gasteiger partial charge in [0.15, 0.2) is 0 Å². The van der Waals surface area contributed by atoms with Gasteiger partial charge in [0, 0.05) is 38.2 Å². The third-order valence-corrected chi connectivity index (χ3v) is 10.2. The monoisotopic (exact) mass is 592 g/mol. The molecule has 0 atom stereocenters. The van der Waals surface area contributed by atoms with Crippen LogP contribution in [0.15, 0.2) is 146 Å². The van der Waals surface area contributed by atoms with Crippen molar-refractivity contribution < 1.29 is 0 Å². The van der Waals surface area contributed by atoms with Gasteiger partial charge in [-0.05, 0) is 30.3 Å². The van der Waals surface area contributed by atoms with Crippen LogP contribution in [-0.4, -0.2) is 19.1 Å². The van der Waals surface area contributed by atoms with Crippen molar-refractivity contribution in [1.29, 1.82) is 0 Å². The summed E-state index contributed by atoms with van der Waals surface area (Å²) in [5.74, 6) is 0.681. The molecule has 0 spiro atoms. The Morgan fingerprint density at radius 2 is 1.00 bits per heavy atom. The number of para-hydroxylation sites is 4. The smallest absolute Gasteiger partial charge is 0.235 e. The van der Waals surface area contributed by atoms with E-state index in [0.717, 1.165) is 38.9 Å². The first-order chi connectivity index (χ1) is 22.3. The van der Waals surface area contributed by atoms with Crippen LogP contribution in [0.1, 0.15) is 0 Å². The Hall–Kier alpha value is -5.78. The molecule has 210 valence electrons. The van der Waals surface area contributed by atoms with E-state index in [1.807, 2.05) is 17.4 Å². The number of benzene rings is 6. The molecule has 0 N–H and O–H groups in total. The fourth-order valence-corrected chi connectivity index (χ4v) is 8.37. The second-order valence-corrected chi connectivity index (χ2v) is 12.4. The molecule has 0 aliphatic rings. The lowest BCUT2D eigenvalue weighted by atomic mass is 10.1. The minimum absolute atomic E-state index is 0.681. The first kappa shape index (κ1) is 24.6. The standard InChI is InChI=1S/C40H24N4S/c1-3-13-25(14-4-1)35-29-18-7-10-20-32(29)41-40(42-35)44-33-21-11-8-17-27(33)28-23-24-31-37-38(45-39(31)36(28)44)30-19-9-12-22-34(30)43(37)26-15-5-2-6-16-26/h1-24H. The number of nitrogens with zero attached hydrogens (tertiary/aromatic N) is 4. The van der Waals surface area contributed by atoms with Gasteiger partial charge in [-0.15, -0.1) is 11.3 Å². The van der Waals surface area contributed by atoms with Gasteiger partial charge in [0.1, 0.15) is 0 Å². The Morgan fingerprint density at radius 1 is 0.422 bits per heavy atom. The van der Waals surface area contributed by atoms with Crippen molar-refractivity contribution in [2.45, 2.75) is 0 Å². The summed E-state index contributed by atoms with van der Waals surface area (Å²) in [5, 5.41) is 5.94. The molecular weight excluding hydrogens is 569 g/mol. The molecule has 6 aromatic carbocycles. The molecule has 10 aromatic rings. The first-order valence-electron chi connectivity index (χ1n) is 15.1. The fraction of sp³-hybridized carbons (Fsp3) is 0. The Labute approximate surface area is 262 Å². The molecule has 0 saturated carbocycles. The molecule has 5 heteroatoms. The summed E-state index contributed by atoms with van der Waals surface area (Å²) < 4.78 is 7.24. The molecule has 0 aliphatic heterocycles. The van der Waals surface area contributed by atoms with E-state index in [0.29, 0.717) is 5.95 Å². The van der Waals surface area contributed by atoms with Crippen molar-refractivity contribution in [3.05, 3.63) is 146 Å². The predicted octanol–water partition coefficient (Wildman–Crippen LogP) is 10.7. The second kappa shape index (κ2) is 9.36. The molecule has 0 amide bonds. The highest BCUT2D eigenvalue weighted by atomic mass is 32.1. The second-order valence-electron chi connectivity index (χ2n) is 11.4. The Balaban J connectivity index is 1.38. The minimum Gasteiger partial charge on any atom is -0.308 e. The van der Waals surface area contributed by atoms with Gasteiger partial charge in [-0.1, -0.05) is 115 Å². The van der Waals surface area contributed by atoms with Crippen LogP contribution in [0.25, 0.3) is 86.8 Å². The maximum atomic E-state index is 5.33. The normalized spacial score (nSPS) is 12.0. The lowest BCUT2D eigenvalue weighted by Crippen LogP contribution is -2.03. The van der Waals surface area contributed by atoms with Crippen molar-refractivity contribution in [2.75, 3.05) is 0 Å². The summed E-state index contributed by atoms with van der Waals surface area (Å²) in [4.78, 5) is 10.5. The average molecular weight is 593 g/mol. The predicted molar refractivity (Wildman–Crippen MR) is 189 cm³/mol. The maximum Gasteiger partial charge on any atom is 0.235 e. The lowest BCUT2D eigenvalue weighted by molar-refractivity contribution is 1.02. The summed E-state index contributed by atoms with van der Waals surface area (Å²) in [5.41, 5.74) is 8.81. The van der Waals surface area contributed by atoms with Crippen LogP contribution in [0.3, 0.4) is 0 Å². The van der Waals surface area contributed by atoms with Crippen molar-refractivity contribution in [3.63, 3.8) is 0 Å². The van der Waals surface area contributed by atoms with Crippen molar-refractivity contribution >= 4 is 75.3 Å². The van der Waals surface area contributed by atoms with Gasteiger partial charge in [-0.3, -0.25) is 4.57 Å². The van der Waals surface area contributed by atoms with E-state index in [1.165, 1.54) is 42.0 Å². The molecule has 0 fully saturated rings. The molecule has 0 aliphatic carbocycles. The SMILES string of the molecule is c1ccc(-c2nc(-n3c4ccccc4c4ccc5c(sc6c7ccccc7n(-c7ccccc7)c56)c43)nc3ccccc23)cc1.